The third-order valence-corrected chi connectivity index (χ3v) is 7.40. The van der Waals surface area contributed by atoms with Gasteiger partial charge in [-0.05, 0) is 110 Å². The molecule has 2 heteroatoms. The van der Waals surface area contributed by atoms with E-state index in [0.717, 1.165) is 24.7 Å². The van der Waals surface area contributed by atoms with E-state index in [1.807, 2.05) is 26.0 Å². The molecule has 2 aliphatic carbocycles. The van der Waals surface area contributed by atoms with E-state index < -0.39 is 0 Å². The topological polar surface area (TPSA) is 0 Å². The van der Waals surface area contributed by atoms with Crippen LogP contribution in [0.5, 0.6) is 0 Å². The van der Waals surface area contributed by atoms with Crippen molar-refractivity contribution in [1.82, 2.24) is 0 Å². The van der Waals surface area contributed by atoms with Gasteiger partial charge in [-0.2, -0.15) is 0 Å². The highest BCUT2D eigenvalue weighted by atomic mass is 32.1. The summed E-state index contributed by atoms with van der Waals surface area (Å²) in [5.74, 6) is 2.05. The Kier molecular flexibility index (Phi) is 11.9. The molecule has 0 aliphatic heterocycles. The van der Waals surface area contributed by atoms with Crippen LogP contribution in [0.1, 0.15) is 104 Å². The molecule has 3 rings (SSSR count). The number of aryl methyl sites for hydroxylation is 1. The molecule has 1 aromatic rings. The molecule has 2 aliphatic rings. The number of rotatable bonds is 11. The lowest BCUT2D eigenvalue weighted by Crippen LogP contribution is -2.18. The van der Waals surface area contributed by atoms with E-state index in [2.05, 4.69) is 26.8 Å². The molecule has 0 nitrogen and oxygen atoms in total. The molecule has 1 fully saturated rings. The Bertz CT molecular complexity index is 771. The predicted molar refractivity (Wildman–Crippen MR) is 143 cm³/mol. The fourth-order valence-corrected chi connectivity index (χ4v) is 6.09. The van der Waals surface area contributed by atoms with Crippen LogP contribution < -0.4 is 0 Å². The van der Waals surface area contributed by atoms with Crippen LogP contribution in [0, 0.1) is 23.6 Å². The van der Waals surface area contributed by atoms with Crippen LogP contribution >= 0.6 is 12.2 Å². The van der Waals surface area contributed by atoms with Gasteiger partial charge in [0.15, 0.2) is 0 Å². The Hall–Kier alpha value is -1.28. The molecule has 1 saturated carbocycles. The third-order valence-electron chi connectivity index (χ3n) is 7.23. The molecule has 0 heterocycles. The Morgan fingerprint density at radius 2 is 1.69 bits per heavy atom. The van der Waals surface area contributed by atoms with Gasteiger partial charge in [-0.1, -0.05) is 82.5 Å². The van der Waals surface area contributed by atoms with Crippen molar-refractivity contribution in [3.63, 3.8) is 0 Å². The van der Waals surface area contributed by atoms with Crippen LogP contribution in [0.3, 0.4) is 0 Å². The SMILES string of the molecule is CC.CCCC1C(CCCCCCc2ccc(F)cc2)C2=CCCC(C)=C2C1CC(C)=S. The van der Waals surface area contributed by atoms with Gasteiger partial charge in [0, 0.05) is 0 Å². The number of benzene rings is 1. The Morgan fingerprint density at radius 3 is 2.34 bits per heavy atom. The molecule has 0 aromatic heterocycles. The first-order valence-corrected chi connectivity index (χ1v) is 13.6. The maximum absolute atomic E-state index is 13.0. The van der Waals surface area contributed by atoms with E-state index >= 15 is 0 Å². The standard InChI is InChI=1S/C28H39FS.C2H6/c1-4-10-24-25(13-8-6-5-7-12-22-15-17-23(29)18-16-22)26-14-9-11-20(2)28(26)27(24)19-21(3)30;1-2/h14-18,24-25,27H,4-13,19H2,1-3H3;1-2H3. The summed E-state index contributed by atoms with van der Waals surface area (Å²) in [5, 5.41) is 0. The second-order valence-electron chi connectivity index (χ2n) is 9.54. The number of allylic oxidation sites excluding steroid dienone is 4. The lowest BCUT2D eigenvalue weighted by molar-refractivity contribution is 0.298. The molecule has 3 unspecified atom stereocenters. The average Bonchev–Trinajstić information content (AvgIpc) is 3.07. The summed E-state index contributed by atoms with van der Waals surface area (Å²) >= 11 is 5.56. The van der Waals surface area contributed by atoms with Crippen molar-refractivity contribution in [2.75, 3.05) is 0 Å². The van der Waals surface area contributed by atoms with Crippen LogP contribution in [0.4, 0.5) is 4.39 Å². The van der Waals surface area contributed by atoms with Crippen molar-refractivity contribution in [2.45, 2.75) is 105 Å². The normalized spacial score (nSPS) is 22.2. The van der Waals surface area contributed by atoms with Gasteiger partial charge in [0.2, 0.25) is 0 Å². The maximum atomic E-state index is 13.0. The molecule has 178 valence electrons. The van der Waals surface area contributed by atoms with Crippen molar-refractivity contribution in [3.8, 4) is 0 Å². The van der Waals surface area contributed by atoms with E-state index in [4.69, 9.17) is 12.2 Å². The van der Waals surface area contributed by atoms with Crippen LogP contribution in [-0.4, -0.2) is 4.86 Å². The maximum Gasteiger partial charge on any atom is 0.123 e. The van der Waals surface area contributed by atoms with Crippen molar-refractivity contribution >= 4 is 17.1 Å². The van der Waals surface area contributed by atoms with Crippen LogP contribution in [-0.2, 0) is 6.42 Å². The lowest BCUT2D eigenvalue weighted by Gasteiger charge is -2.24. The van der Waals surface area contributed by atoms with Crippen molar-refractivity contribution in [2.24, 2.45) is 17.8 Å². The highest BCUT2D eigenvalue weighted by Crippen LogP contribution is 2.54. The second kappa shape index (κ2) is 14.1. The average molecular weight is 457 g/mol. The van der Waals surface area contributed by atoms with Crippen LogP contribution in [0.2, 0.25) is 0 Å². The van der Waals surface area contributed by atoms with E-state index in [9.17, 15) is 4.39 Å². The van der Waals surface area contributed by atoms with Crippen molar-refractivity contribution < 1.29 is 4.39 Å². The molecule has 0 saturated heterocycles. The molecule has 0 N–H and O–H groups in total. The summed E-state index contributed by atoms with van der Waals surface area (Å²) in [6, 6.07) is 7.00. The van der Waals surface area contributed by atoms with Gasteiger partial charge in [0.05, 0.1) is 0 Å². The molecule has 0 bridgehead atoms. The zero-order chi connectivity index (χ0) is 23.5. The molecule has 0 amide bonds. The quantitative estimate of drug-likeness (QED) is 0.236. The number of unbranched alkanes of at least 4 members (excludes halogenated alkanes) is 3. The highest BCUT2D eigenvalue weighted by molar-refractivity contribution is 7.80. The summed E-state index contributed by atoms with van der Waals surface area (Å²) in [7, 11) is 0. The molecule has 0 spiro atoms. The second-order valence-corrected chi connectivity index (χ2v) is 10.2. The summed E-state index contributed by atoms with van der Waals surface area (Å²) in [4.78, 5) is 1.17. The van der Waals surface area contributed by atoms with E-state index in [1.54, 1.807) is 28.9 Å². The Labute approximate surface area is 202 Å². The highest BCUT2D eigenvalue weighted by Gasteiger charge is 2.43. The number of fused-ring (bicyclic) bond motifs is 1. The number of halogens is 1. The number of thiocarbonyl (C=S) groups is 1. The van der Waals surface area contributed by atoms with Gasteiger partial charge in [-0.3, -0.25) is 0 Å². The Balaban J connectivity index is 0.00000176. The van der Waals surface area contributed by atoms with Gasteiger partial charge < -0.3 is 0 Å². The summed E-state index contributed by atoms with van der Waals surface area (Å²) in [6.45, 7) is 10.8. The molecular weight excluding hydrogens is 411 g/mol. The minimum Gasteiger partial charge on any atom is -0.207 e. The summed E-state index contributed by atoms with van der Waals surface area (Å²) in [5.41, 5.74) is 6.29. The summed E-state index contributed by atoms with van der Waals surface area (Å²) in [6.07, 6.45) is 16.2. The van der Waals surface area contributed by atoms with Crippen molar-refractivity contribution in [1.29, 1.82) is 0 Å². The first-order chi connectivity index (χ1) is 15.5. The molecule has 32 heavy (non-hydrogen) atoms. The van der Waals surface area contributed by atoms with E-state index in [1.165, 1.54) is 68.2 Å². The van der Waals surface area contributed by atoms with Gasteiger partial charge in [-0.25, -0.2) is 4.39 Å². The minimum absolute atomic E-state index is 0.139. The van der Waals surface area contributed by atoms with Gasteiger partial charge in [0.1, 0.15) is 5.82 Å². The molecule has 0 radical (unpaired) electrons. The minimum atomic E-state index is -0.139. The fraction of sp³-hybridized carbons (Fsp3) is 0.633. The molecule has 3 atom stereocenters. The zero-order valence-corrected chi connectivity index (χ0v) is 22.0. The monoisotopic (exact) mass is 456 g/mol. The van der Waals surface area contributed by atoms with E-state index in [0.29, 0.717) is 5.92 Å². The van der Waals surface area contributed by atoms with Crippen LogP contribution in [0.15, 0.2) is 47.1 Å². The lowest BCUT2D eigenvalue weighted by atomic mass is 9.80. The van der Waals surface area contributed by atoms with Gasteiger partial charge in [-0.15, -0.1) is 0 Å². The predicted octanol–water partition coefficient (Wildman–Crippen LogP) is 9.82. The van der Waals surface area contributed by atoms with Crippen LogP contribution in [0.25, 0.3) is 0 Å². The zero-order valence-electron chi connectivity index (χ0n) is 21.2. The third kappa shape index (κ3) is 7.37. The van der Waals surface area contributed by atoms with E-state index in [-0.39, 0.29) is 5.82 Å². The largest absolute Gasteiger partial charge is 0.207 e. The Morgan fingerprint density at radius 1 is 1.00 bits per heavy atom. The summed E-state index contributed by atoms with van der Waals surface area (Å²) < 4.78 is 13.0. The van der Waals surface area contributed by atoms with Gasteiger partial charge in [0.25, 0.3) is 0 Å². The molecule has 1 aromatic carbocycles. The first-order valence-electron chi connectivity index (χ1n) is 13.1. The molecular formula is C30H45FS. The smallest absolute Gasteiger partial charge is 0.123 e. The van der Waals surface area contributed by atoms with Crippen molar-refractivity contribution in [3.05, 3.63) is 58.4 Å². The first kappa shape index (κ1) is 27.0. The number of hydrogen-bond donors (Lipinski definition) is 0. The fourth-order valence-electron chi connectivity index (χ4n) is 5.91. The van der Waals surface area contributed by atoms with Gasteiger partial charge >= 0.3 is 0 Å². The number of hydrogen-bond acceptors (Lipinski definition) is 1.